The zero-order valence-corrected chi connectivity index (χ0v) is 10.4. The maximum Gasteiger partial charge on any atom is 0.00229 e. The quantitative estimate of drug-likeness (QED) is 0.770. The van der Waals surface area contributed by atoms with E-state index in [2.05, 4.69) is 49.5 Å². The van der Waals surface area contributed by atoms with Gasteiger partial charge in [-0.15, -0.1) is 0 Å². The molecular weight excluding hydrogens is 194 g/mol. The molecule has 88 valence electrons. The predicted octanol–water partition coefficient (Wildman–Crippen LogP) is 3.43. The Hall–Kier alpha value is -0.820. The van der Waals surface area contributed by atoms with Gasteiger partial charge in [-0.2, -0.15) is 0 Å². The molecule has 1 fully saturated rings. The van der Waals surface area contributed by atoms with Crippen LogP contribution in [-0.4, -0.2) is 13.1 Å². The molecule has 1 aliphatic carbocycles. The van der Waals surface area contributed by atoms with Crippen LogP contribution < -0.4 is 5.32 Å². The molecule has 0 aliphatic heterocycles. The molecule has 0 radical (unpaired) electrons. The summed E-state index contributed by atoms with van der Waals surface area (Å²) in [6, 6.07) is 11.0. The third kappa shape index (κ3) is 3.34. The molecule has 0 bridgehead atoms. The van der Waals surface area contributed by atoms with E-state index in [1.807, 2.05) is 0 Å². The smallest absolute Gasteiger partial charge is 0.00229 e. The summed E-state index contributed by atoms with van der Waals surface area (Å²) in [5.41, 5.74) is 1.52. The zero-order chi connectivity index (χ0) is 11.4. The second-order valence-electron chi connectivity index (χ2n) is 5.41. The molecule has 1 aromatic carbocycles. The first-order valence-corrected chi connectivity index (χ1v) is 6.53. The van der Waals surface area contributed by atoms with E-state index in [1.54, 1.807) is 0 Å². The SMILES string of the molecule is CC(C)CNCC(c1ccccc1)C1CC1. The minimum Gasteiger partial charge on any atom is -0.316 e. The average molecular weight is 217 g/mol. The van der Waals surface area contributed by atoms with Gasteiger partial charge in [-0.1, -0.05) is 44.2 Å². The summed E-state index contributed by atoms with van der Waals surface area (Å²) in [4.78, 5) is 0. The van der Waals surface area contributed by atoms with Gasteiger partial charge in [0.05, 0.1) is 0 Å². The summed E-state index contributed by atoms with van der Waals surface area (Å²) in [5, 5.41) is 3.60. The fourth-order valence-corrected chi connectivity index (χ4v) is 2.28. The zero-order valence-electron chi connectivity index (χ0n) is 10.4. The lowest BCUT2D eigenvalue weighted by Crippen LogP contribution is -2.26. The van der Waals surface area contributed by atoms with Crippen LogP contribution in [0.4, 0.5) is 0 Å². The molecule has 0 aromatic heterocycles. The van der Waals surface area contributed by atoms with Gasteiger partial charge in [0.1, 0.15) is 0 Å². The highest BCUT2D eigenvalue weighted by Gasteiger charge is 2.31. The van der Waals surface area contributed by atoms with Crippen molar-refractivity contribution in [1.82, 2.24) is 5.32 Å². The van der Waals surface area contributed by atoms with Crippen LogP contribution >= 0.6 is 0 Å². The Bertz CT molecular complexity index is 300. The molecule has 1 nitrogen and oxygen atoms in total. The number of benzene rings is 1. The molecule has 1 unspecified atom stereocenters. The van der Waals surface area contributed by atoms with E-state index in [1.165, 1.54) is 18.4 Å². The molecule has 16 heavy (non-hydrogen) atoms. The van der Waals surface area contributed by atoms with Crippen molar-refractivity contribution in [3.63, 3.8) is 0 Å². The van der Waals surface area contributed by atoms with Crippen LogP contribution in [0.3, 0.4) is 0 Å². The second kappa shape index (κ2) is 5.49. The molecule has 1 aromatic rings. The van der Waals surface area contributed by atoms with Crippen molar-refractivity contribution in [3.05, 3.63) is 35.9 Å². The number of hydrogen-bond acceptors (Lipinski definition) is 1. The average Bonchev–Trinajstić information content (AvgIpc) is 3.09. The Labute approximate surface area is 99.3 Å². The summed E-state index contributed by atoms with van der Waals surface area (Å²) in [5.74, 6) is 2.41. The first kappa shape index (κ1) is 11.7. The van der Waals surface area contributed by atoms with Crippen LogP contribution in [0.15, 0.2) is 30.3 Å². The van der Waals surface area contributed by atoms with Crippen molar-refractivity contribution in [2.75, 3.05) is 13.1 Å². The Morgan fingerprint density at radius 3 is 2.38 bits per heavy atom. The van der Waals surface area contributed by atoms with Crippen LogP contribution in [0.5, 0.6) is 0 Å². The Morgan fingerprint density at radius 2 is 1.81 bits per heavy atom. The van der Waals surface area contributed by atoms with Crippen molar-refractivity contribution in [1.29, 1.82) is 0 Å². The van der Waals surface area contributed by atoms with Crippen LogP contribution in [0.1, 0.15) is 38.2 Å². The highest BCUT2D eigenvalue weighted by molar-refractivity contribution is 5.22. The molecule has 2 rings (SSSR count). The van der Waals surface area contributed by atoms with Gasteiger partial charge >= 0.3 is 0 Å². The number of nitrogens with one attached hydrogen (secondary N) is 1. The molecule has 1 atom stereocenters. The van der Waals surface area contributed by atoms with Crippen molar-refractivity contribution in [2.24, 2.45) is 11.8 Å². The lowest BCUT2D eigenvalue weighted by molar-refractivity contribution is 0.491. The van der Waals surface area contributed by atoms with E-state index in [9.17, 15) is 0 Å². The predicted molar refractivity (Wildman–Crippen MR) is 69.6 cm³/mol. The summed E-state index contributed by atoms with van der Waals surface area (Å²) < 4.78 is 0. The van der Waals surface area contributed by atoms with Crippen LogP contribution in [-0.2, 0) is 0 Å². The van der Waals surface area contributed by atoms with Crippen molar-refractivity contribution in [2.45, 2.75) is 32.6 Å². The molecule has 0 heterocycles. The summed E-state index contributed by atoms with van der Waals surface area (Å²) in [7, 11) is 0. The topological polar surface area (TPSA) is 12.0 Å². The molecule has 0 amide bonds. The summed E-state index contributed by atoms with van der Waals surface area (Å²) >= 11 is 0. The first-order chi connectivity index (χ1) is 7.77. The van der Waals surface area contributed by atoms with E-state index in [4.69, 9.17) is 0 Å². The molecule has 0 spiro atoms. The van der Waals surface area contributed by atoms with Gasteiger partial charge in [0.25, 0.3) is 0 Å². The highest BCUT2D eigenvalue weighted by atomic mass is 14.9. The molecule has 0 saturated heterocycles. The molecule has 1 saturated carbocycles. The third-order valence-electron chi connectivity index (χ3n) is 3.34. The summed E-state index contributed by atoms with van der Waals surface area (Å²) in [6.45, 7) is 6.81. The van der Waals surface area contributed by atoms with E-state index in [-0.39, 0.29) is 0 Å². The standard InChI is InChI=1S/C15H23N/c1-12(2)10-16-11-15(14-8-9-14)13-6-4-3-5-7-13/h3-7,12,14-16H,8-11H2,1-2H3. The first-order valence-electron chi connectivity index (χ1n) is 6.53. The fourth-order valence-electron chi connectivity index (χ4n) is 2.28. The van der Waals surface area contributed by atoms with Gasteiger partial charge in [0.15, 0.2) is 0 Å². The van der Waals surface area contributed by atoms with E-state index >= 15 is 0 Å². The van der Waals surface area contributed by atoms with Gasteiger partial charge in [0.2, 0.25) is 0 Å². The van der Waals surface area contributed by atoms with Crippen LogP contribution in [0.2, 0.25) is 0 Å². The Kier molecular flexibility index (Phi) is 4.00. The summed E-state index contributed by atoms with van der Waals surface area (Å²) in [6.07, 6.45) is 2.84. The largest absolute Gasteiger partial charge is 0.316 e. The van der Waals surface area contributed by atoms with E-state index < -0.39 is 0 Å². The minimum absolute atomic E-state index is 0.736. The number of hydrogen-bond donors (Lipinski definition) is 1. The van der Waals surface area contributed by atoms with E-state index in [0.717, 1.165) is 30.8 Å². The number of rotatable bonds is 6. The minimum atomic E-state index is 0.736. The molecule has 1 aliphatic rings. The maximum atomic E-state index is 3.60. The normalized spacial score (nSPS) is 17.7. The van der Waals surface area contributed by atoms with Crippen molar-refractivity contribution in [3.8, 4) is 0 Å². The van der Waals surface area contributed by atoms with Gasteiger partial charge in [-0.25, -0.2) is 0 Å². The highest BCUT2D eigenvalue weighted by Crippen LogP contribution is 2.42. The van der Waals surface area contributed by atoms with Crippen molar-refractivity contribution < 1.29 is 0 Å². The lowest BCUT2D eigenvalue weighted by Gasteiger charge is -2.18. The van der Waals surface area contributed by atoms with Crippen LogP contribution in [0, 0.1) is 11.8 Å². The molecule has 1 N–H and O–H groups in total. The Balaban J connectivity index is 1.90. The van der Waals surface area contributed by atoms with Crippen molar-refractivity contribution >= 4 is 0 Å². The lowest BCUT2D eigenvalue weighted by atomic mass is 9.94. The Morgan fingerprint density at radius 1 is 1.12 bits per heavy atom. The second-order valence-corrected chi connectivity index (χ2v) is 5.41. The molecular formula is C15H23N. The van der Waals surface area contributed by atoms with Crippen LogP contribution in [0.25, 0.3) is 0 Å². The van der Waals surface area contributed by atoms with Gasteiger partial charge in [-0.05, 0) is 42.7 Å². The fraction of sp³-hybridized carbons (Fsp3) is 0.600. The maximum absolute atomic E-state index is 3.60. The van der Waals surface area contributed by atoms with Gasteiger partial charge < -0.3 is 5.32 Å². The van der Waals surface area contributed by atoms with E-state index in [0.29, 0.717) is 0 Å². The van der Waals surface area contributed by atoms with Gasteiger partial charge in [-0.3, -0.25) is 0 Å². The van der Waals surface area contributed by atoms with Gasteiger partial charge in [0, 0.05) is 6.54 Å². The monoisotopic (exact) mass is 217 g/mol. The molecule has 1 heteroatoms. The third-order valence-corrected chi connectivity index (χ3v) is 3.34.